The molecule has 0 saturated carbocycles. The van der Waals surface area contributed by atoms with Crippen LogP contribution in [-0.2, 0) is 29.0 Å². The van der Waals surface area contributed by atoms with Gasteiger partial charge in [-0.2, -0.15) is 5.10 Å². The van der Waals surface area contributed by atoms with Crippen LogP contribution >= 0.6 is 11.6 Å². The number of rotatable bonds is 8. The predicted molar refractivity (Wildman–Crippen MR) is 84.5 cm³/mol. The Hall–Kier alpha value is -1.07. The fourth-order valence-electron chi connectivity index (χ4n) is 2.15. The lowest BCUT2D eigenvalue weighted by Gasteiger charge is -2.25. The zero-order chi connectivity index (χ0) is 16.0. The Labute approximate surface area is 132 Å². The smallest absolute Gasteiger partial charge is 0.320 e. The normalized spacial score (nSPS) is 11.4. The van der Waals surface area contributed by atoms with Crippen LogP contribution in [0, 0.1) is 0 Å². The van der Waals surface area contributed by atoms with E-state index in [1.807, 2.05) is 30.4 Å². The van der Waals surface area contributed by atoms with Crippen LogP contribution in [0.1, 0.15) is 46.0 Å². The van der Waals surface area contributed by atoms with E-state index in [4.69, 9.17) is 16.3 Å². The third-order valence-corrected chi connectivity index (χ3v) is 3.85. The van der Waals surface area contributed by atoms with E-state index in [1.165, 1.54) is 0 Å². The minimum Gasteiger partial charge on any atom is -0.465 e. The minimum absolute atomic E-state index is 0.208. The first-order valence-corrected chi connectivity index (χ1v) is 7.95. The first-order valence-electron chi connectivity index (χ1n) is 7.58. The summed E-state index contributed by atoms with van der Waals surface area (Å²) >= 11 is 6.43. The highest BCUT2D eigenvalue weighted by atomic mass is 35.5. The molecule has 0 aliphatic rings. The first-order chi connectivity index (χ1) is 9.94. The lowest BCUT2D eigenvalue weighted by atomic mass is 10.2. The lowest BCUT2D eigenvalue weighted by molar-refractivity contribution is -0.145. The van der Waals surface area contributed by atoms with Gasteiger partial charge in [0.2, 0.25) is 0 Å². The number of hydrogen-bond donors (Lipinski definition) is 0. The van der Waals surface area contributed by atoms with E-state index in [1.54, 1.807) is 0 Å². The van der Waals surface area contributed by atoms with Gasteiger partial charge in [0, 0.05) is 19.1 Å². The molecule has 6 heteroatoms. The molecule has 0 fully saturated rings. The molecule has 1 heterocycles. The molecule has 1 rings (SSSR count). The Morgan fingerprint density at radius 1 is 1.38 bits per heavy atom. The number of halogens is 1. The Kier molecular flexibility index (Phi) is 7.18. The van der Waals surface area contributed by atoms with Crippen LogP contribution in [0.3, 0.4) is 0 Å². The van der Waals surface area contributed by atoms with E-state index in [2.05, 4.69) is 18.9 Å². The summed E-state index contributed by atoms with van der Waals surface area (Å²) in [5.74, 6) is -0.208. The van der Waals surface area contributed by atoms with Crippen molar-refractivity contribution in [3.8, 4) is 0 Å². The molecule has 0 amide bonds. The summed E-state index contributed by atoms with van der Waals surface area (Å²) in [6, 6.07) is 0.218. The van der Waals surface area contributed by atoms with Crippen LogP contribution in [0.4, 0.5) is 0 Å². The molecule has 120 valence electrons. The summed E-state index contributed by atoms with van der Waals surface area (Å²) in [7, 11) is 0. The van der Waals surface area contributed by atoms with Gasteiger partial charge in [-0.25, -0.2) is 0 Å². The number of aryl methyl sites for hydroxylation is 2. The average molecular weight is 316 g/mol. The van der Waals surface area contributed by atoms with Crippen molar-refractivity contribution >= 4 is 17.6 Å². The number of carbonyl (C=O) groups is 1. The molecule has 0 saturated heterocycles. The summed E-state index contributed by atoms with van der Waals surface area (Å²) in [6.07, 6.45) is 0.804. The van der Waals surface area contributed by atoms with Crippen molar-refractivity contribution in [1.82, 2.24) is 14.7 Å². The van der Waals surface area contributed by atoms with Crippen LogP contribution in [-0.4, -0.2) is 39.8 Å². The third kappa shape index (κ3) is 4.71. The third-order valence-electron chi connectivity index (χ3n) is 3.41. The van der Waals surface area contributed by atoms with Crippen molar-refractivity contribution in [3.63, 3.8) is 0 Å². The highest BCUT2D eigenvalue weighted by Crippen LogP contribution is 2.23. The van der Waals surface area contributed by atoms with E-state index in [0.29, 0.717) is 18.2 Å². The highest BCUT2D eigenvalue weighted by Gasteiger charge is 2.21. The van der Waals surface area contributed by atoms with Crippen LogP contribution in [0.5, 0.6) is 0 Å². The molecule has 5 nitrogen and oxygen atoms in total. The van der Waals surface area contributed by atoms with E-state index in [9.17, 15) is 4.79 Å². The Bertz CT molecular complexity index is 472. The molecule has 0 aliphatic carbocycles. The number of nitrogens with zero attached hydrogens (tertiary/aromatic N) is 3. The SMILES string of the molecule is CCOC(=O)CN(Cc1c(Cl)c(CC)nn1CC)C(C)C. The summed E-state index contributed by atoms with van der Waals surface area (Å²) in [5.41, 5.74) is 1.88. The Morgan fingerprint density at radius 3 is 2.52 bits per heavy atom. The zero-order valence-electron chi connectivity index (χ0n) is 13.6. The van der Waals surface area contributed by atoms with Gasteiger partial charge in [-0.05, 0) is 34.1 Å². The quantitative estimate of drug-likeness (QED) is 0.692. The minimum atomic E-state index is -0.208. The van der Waals surface area contributed by atoms with Gasteiger partial charge in [0.25, 0.3) is 0 Å². The predicted octanol–water partition coefficient (Wildman–Crippen LogP) is 2.89. The molecular formula is C15H26ClN3O2. The molecular weight excluding hydrogens is 290 g/mol. The van der Waals surface area contributed by atoms with Crippen molar-refractivity contribution < 1.29 is 9.53 Å². The molecule has 0 N–H and O–H groups in total. The van der Waals surface area contributed by atoms with Crippen molar-refractivity contribution in [2.45, 2.75) is 60.2 Å². The Morgan fingerprint density at radius 2 is 2.05 bits per heavy atom. The molecule has 1 aromatic rings. The van der Waals surface area contributed by atoms with E-state index in [-0.39, 0.29) is 18.6 Å². The van der Waals surface area contributed by atoms with Gasteiger partial charge in [0.15, 0.2) is 0 Å². The van der Waals surface area contributed by atoms with E-state index in [0.717, 1.165) is 24.4 Å². The van der Waals surface area contributed by atoms with Crippen molar-refractivity contribution in [2.75, 3.05) is 13.2 Å². The molecule has 0 atom stereocenters. The maximum absolute atomic E-state index is 11.7. The van der Waals surface area contributed by atoms with Crippen LogP contribution in [0.25, 0.3) is 0 Å². The van der Waals surface area contributed by atoms with Gasteiger partial charge >= 0.3 is 5.97 Å². The monoisotopic (exact) mass is 315 g/mol. The van der Waals surface area contributed by atoms with Crippen molar-refractivity contribution in [3.05, 3.63) is 16.4 Å². The van der Waals surface area contributed by atoms with Gasteiger partial charge in [0.1, 0.15) is 0 Å². The van der Waals surface area contributed by atoms with Gasteiger partial charge in [-0.1, -0.05) is 18.5 Å². The molecule has 0 bridgehead atoms. The molecule has 21 heavy (non-hydrogen) atoms. The van der Waals surface area contributed by atoms with E-state index < -0.39 is 0 Å². The average Bonchev–Trinajstić information content (AvgIpc) is 2.74. The maximum atomic E-state index is 11.7. The van der Waals surface area contributed by atoms with Crippen LogP contribution < -0.4 is 0 Å². The second-order valence-electron chi connectivity index (χ2n) is 5.18. The van der Waals surface area contributed by atoms with E-state index >= 15 is 0 Å². The summed E-state index contributed by atoms with van der Waals surface area (Å²) in [6.45, 7) is 12.0. The topological polar surface area (TPSA) is 47.4 Å². The number of hydrogen-bond acceptors (Lipinski definition) is 4. The summed E-state index contributed by atoms with van der Waals surface area (Å²) in [5, 5.41) is 5.23. The number of aromatic nitrogens is 2. The number of ether oxygens (including phenoxy) is 1. The molecule has 1 aromatic heterocycles. The summed E-state index contributed by atoms with van der Waals surface area (Å²) in [4.78, 5) is 13.8. The van der Waals surface area contributed by atoms with Gasteiger partial charge in [0.05, 0.1) is 29.6 Å². The molecule has 0 unspecified atom stereocenters. The zero-order valence-corrected chi connectivity index (χ0v) is 14.4. The maximum Gasteiger partial charge on any atom is 0.320 e. The first kappa shape index (κ1) is 18.0. The van der Waals surface area contributed by atoms with Gasteiger partial charge in [-0.15, -0.1) is 0 Å². The van der Waals surface area contributed by atoms with Gasteiger partial charge < -0.3 is 4.74 Å². The summed E-state index contributed by atoms with van der Waals surface area (Å²) < 4.78 is 6.96. The van der Waals surface area contributed by atoms with Gasteiger partial charge in [-0.3, -0.25) is 14.4 Å². The fourth-order valence-corrected chi connectivity index (χ4v) is 2.48. The van der Waals surface area contributed by atoms with Crippen molar-refractivity contribution in [1.29, 1.82) is 0 Å². The highest BCUT2D eigenvalue weighted by molar-refractivity contribution is 6.31. The standard InChI is InChI=1S/C15H26ClN3O2/c1-6-12-15(16)13(19(7-2)17-12)9-18(11(4)5)10-14(20)21-8-3/h11H,6-10H2,1-5H3. The molecule has 0 aliphatic heterocycles. The fraction of sp³-hybridized carbons (Fsp3) is 0.733. The number of esters is 1. The molecule has 0 spiro atoms. The second-order valence-corrected chi connectivity index (χ2v) is 5.56. The van der Waals surface area contributed by atoms with Crippen molar-refractivity contribution in [2.24, 2.45) is 0 Å². The Balaban J connectivity index is 2.93. The van der Waals surface area contributed by atoms with Crippen LogP contribution in [0.2, 0.25) is 5.02 Å². The largest absolute Gasteiger partial charge is 0.465 e. The second kappa shape index (κ2) is 8.39. The molecule has 0 radical (unpaired) electrons. The van der Waals surface area contributed by atoms with Crippen LogP contribution in [0.15, 0.2) is 0 Å². The lowest BCUT2D eigenvalue weighted by Crippen LogP contribution is -2.36. The number of carbonyl (C=O) groups excluding carboxylic acids is 1. The molecule has 0 aromatic carbocycles.